The maximum atomic E-state index is 8.12. The molecule has 3 nitrogen and oxygen atoms in total. The summed E-state index contributed by atoms with van der Waals surface area (Å²) in [7, 11) is 0. The monoisotopic (exact) mass is 102 g/mol. The maximum absolute atomic E-state index is 8.12. The fourth-order valence-electron chi connectivity index (χ4n) is 0. The Kier molecular flexibility index (Phi) is 26.3. The molecule has 0 aromatic rings. The molecule has 0 radical (unpaired) electrons. The van der Waals surface area contributed by atoms with E-state index in [1.807, 2.05) is 0 Å². The third-order valence-electron chi connectivity index (χ3n) is 0.129. The lowest BCUT2D eigenvalue weighted by atomic mass is 10.7. The van der Waals surface area contributed by atoms with Crippen LogP contribution < -0.4 is 0 Å². The topological polar surface area (TPSA) is 54.4 Å². The van der Waals surface area contributed by atoms with Gasteiger partial charge in [0.1, 0.15) is 0 Å². The molecule has 7 heavy (non-hydrogen) atoms. The Morgan fingerprint density at radius 1 is 1.71 bits per heavy atom. The van der Waals surface area contributed by atoms with Crippen LogP contribution in [0, 0.1) is 0 Å². The fourth-order valence-corrected chi connectivity index (χ4v) is 0. The van der Waals surface area contributed by atoms with Crippen LogP contribution in [0.2, 0.25) is 0 Å². The summed E-state index contributed by atoms with van der Waals surface area (Å²) in [6, 6.07) is 0. The van der Waals surface area contributed by atoms with Crippen LogP contribution >= 0.6 is 0 Å². The third-order valence-corrected chi connectivity index (χ3v) is 0.129. The van der Waals surface area contributed by atoms with Crippen LogP contribution in [0.5, 0.6) is 0 Å². The molecule has 0 atom stereocenters. The second-order valence-electron chi connectivity index (χ2n) is 0.555. The van der Waals surface area contributed by atoms with Gasteiger partial charge in [-0.1, -0.05) is 6.08 Å². The standard InChI is InChI=1S/C3H6O.CO2/c1-2-3-4;2-1-3/h2,4H,1,3H2;. The second kappa shape index (κ2) is 19.5. The van der Waals surface area contributed by atoms with Crippen molar-refractivity contribution in [1.82, 2.24) is 0 Å². The van der Waals surface area contributed by atoms with Crippen LogP contribution in [0.25, 0.3) is 0 Å². The molecule has 0 aromatic carbocycles. The molecule has 0 aliphatic rings. The highest BCUT2D eigenvalue weighted by Gasteiger charge is 1.45. The molecule has 0 fully saturated rings. The Labute approximate surface area is 41.3 Å². The number of aliphatic hydroxyl groups is 1. The zero-order valence-corrected chi connectivity index (χ0v) is 3.76. The largest absolute Gasteiger partial charge is 0.392 e. The number of rotatable bonds is 1. The van der Waals surface area contributed by atoms with Crippen molar-refractivity contribution >= 4 is 6.15 Å². The first kappa shape index (κ1) is 9.43. The Morgan fingerprint density at radius 2 is 1.86 bits per heavy atom. The van der Waals surface area contributed by atoms with Crippen LogP contribution in [0.15, 0.2) is 12.7 Å². The molecule has 0 spiro atoms. The molecule has 0 saturated carbocycles. The molecule has 0 aliphatic carbocycles. The maximum Gasteiger partial charge on any atom is 0.373 e. The van der Waals surface area contributed by atoms with Gasteiger partial charge >= 0.3 is 6.15 Å². The van der Waals surface area contributed by atoms with Gasteiger partial charge < -0.3 is 5.11 Å². The molecule has 0 aliphatic heterocycles. The van der Waals surface area contributed by atoms with E-state index in [0.717, 1.165) is 0 Å². The van der Waals surface area contributed by atoms with Crippen molar-refractivity contribution in [2.24, 2.45) is 0 Å². The minimum atomic E-state index is 0.0833. The molecule has 0 rings (SSSR count). The smallest absolute Gasteiger partial charge is 0.373 e. The molecule has 3 heteroatoms. The van der Waals surface area contributed by atoms with E-state index >= 15 is 0 Å². The van der Waals surface area contributed by atoms with E-state index in [4.69, 9.17) is 14.7 Å². The van der Waals surface area contributed by atoms with Gasteiger partial charge in [-0.3, -0.25) is 0 Å². The van der Waals surface area contributed by atoms with Crippen molar-refractivity contribution < 1.29 is 14.7 Å². The first-order valence-electron chi connectivity index (χ1n) is 1.54. The molecular weight excluding hydrogens is 96.0 g/mol. The Hall–Kier alpha value is -0.920. The summed E-state index contributed by atoms with van der Waals surface area (Å²) in [6.45, 7) is 3.31. The van der Waals surface area contributed by atoms with Gasteiger partial charge in [0.25, 0.3) is 0 Å². The zero-order chi connectivity index (χ0) is 6.12. The van der Waals surface area contributed by atoms with Crippen LogP contribution in [0.1, 0.15) is 0 Å². The average Bonchev–Trinajstić information content (AvgIpc) is 1.69. The summed E-state index contributed by atoms with van der Waals surface area (Å²) in [5, 5.41) is 7.76. The fraction of sp³-hybridized carbons (Fsp3) is 0.250. The number of hydrogen-bond acceptors (Lipinski definition) is 3. The molecule has 0 unspecified atom stereocenters. The zero-order valence-electron chi connectivity index (χ0n) is 3.76. The van der Waals surface area contributed by atoms with Crippen molar-refractivity contribution in [3.63, 3.8) is 0 Å². The van der Waals surface area contributed by atoms with Gasteiger partial charge in [-0.25, -0.2) is 0 Å². The first-order chi connectivity index (χ1) is 3.33. The Balaban J connectivity index is 0. The molecule has 0 aromatic heterocycles. The van der Waals surface area contributed by atoms with Gasteiger partial charge in [-0.15, -0.1) is 6.58 Å². The average molecular weight is 102 g/mol. The van der Waals surface area contributed by atoms with Gasteiger partial charge in [0.15, 0.2) is 0 Å². The lowest BCUT2D eigenvalue weighted by Crippen LogP contribution is -1.62. The number of hydrogen-bond donors (Lipinski definition) is 1. The lowest BCUT2D eigenvalue weighted by molar-refractivity contribution is -0.191. The van der Waals surface area contributed by atoms with Crippen molar-refractivity contribution in [1.29, 1.82) is 0 Å². The van der Waals surface area contributed by atoms with Crippen molar-refractivity contribution in [2.75, 3.05) is 6.61 Å². The van der Waals surface area contributed by atoms with E-state index in [9.17, 15) is 0 Å². The van der Waals surface area contributed by atoms with E-state index in [1.54, 1.807) is 0 Å². The quantitative estimate of drug-likeness (QED) is 0.457. The van der Waals surface area contributed by atoms with E-state index in [0.29, 0.717) is 0 Å². The van der Waals surface area contributed by atoms with Crippen molar-refractivity contribution in [2.45, 2.75) is 0 Å². The summed E-state index contributed by atoms with van der Waals surface area (Å²) in [5.41, 5.74) is 0. The lowest BCUT2D eigenvalue weighted by Gasteiger charge is -1.60. The minimum absolute atomic E-state index is 0.0833. The van der Waals surface area contributed by atoms with E-state index in [-0.39, 0.29) is 12.8 Å². The van der Waals surface area contributed by atoms with Gasteiger partial charge in [-0.2, -0.15) is 9.59 Å². The summed E-state index contributed by atoms with van der Waals surface area (Å²) >= 11 is 0. The van der Waals surface area contributed by atoms with Gasteiger partial charge in [0.2, 0.25) is 0 Å². The van der Waals surface area contributed by atoms with Crippen molar-refractivity contribution in [3.8, 4) is 0 Å². The highest BCUT2D eigenvalue weighted by Crippen LogP contribution is 1.46. The first-order valence-corrected chi connectivity index (χ1v) is 1.54. The normalized spacial score (nSPS) is 4.71. The van der Waals surface area contributed by atoms with E-state index in [1.165, 1.54) is 6.08 Å². The highest BCUT2D eigenvalue weighted by molar-refractivity contribution is 5.20. The van der Waals surface area contributed by atoms with E-state index in [2.05, 4.69) is 6.58 Å². The Morgan fingerprint density at radius 3 is 1.86 bits per heavy atom. The van der Waals surface area contributed by atoms with E-state index < -0.39 is 0 Å². The van der Waals surface area contributed by atoms with Crippen molar-refractivity contribution in [3.05, 3.63) is 12.7 Å². The minimum Gasteiger partial charge on any atom is -0.392 e. The molecular formula is C4H6O3. The Bertz CT molecular complexity index is 61.3. The van der Waals surface area contributed by atoms with Crippen LogP contribution in [0.3, 0.4) is 0 Å². The predicted molar refractivity (Wildman–Crippen MR) is 22.3 cm³/mol. The number of aliphatic hydroxyl groups excluding tert-OH is 1. The molecule has 0 saturated heterocycles. The van der Waals surface area contributed by atoms with Gasteiger partial charge in [0, 0.05) is 0 Å². The van der Waals surface area contributed by atoms with Crippen LogP contribution in [-0.4, -0.2) is 17.9 Å². The molecule has 40 valence electrons. The summed E-state index contributed by atoms with van der Waals surface area (Å²) in [4.78, 5) is 16.2. The summed E-state index contributed by atoms with van der Waals surface area (Å²) in [5.74, 6) is 0. The molecule has 0 amide bonds. The SMILES string of the molecule is C=CCO.O=C=O. The second-order valence-corrected chi connectivity index (χ2v) is 0.555. The van der Waals surface area contributed by atoms with Crippen LogP contribution in [-0.2, 0) is 9.59 Å². The number of carbonyl (C=O) groups excluding carboxylic acids is 2. The summed E-state index contributed by atoms with van der Waals surface area (Å²) < 4.78 is 0. The van der Waals surface area contributed by atoms with Crippen LogP contribution in [0.4, 0.5) is 0 Å². The molecule has 1 N–H and O–H groups in total. The molecule has 0 bridgehead atoms. The predicted octanol–water partition coefficient (Wildman–Crippen LogP) is -0.419. The highest BCUT2D eigenvalue weighted by atomic mass is 16.2. The third kappa shape index (κ3) is 7530. The van der Waals surface area contributed by atoms with Gasteiger partial charge in [-0.05, 0) is 0 Å². The summed E-state index contributed by atoms with van der Waals surface area (Å²) in [6.07, 6.45) is 1.68. The molecule has 0 heterocycles. The van der Waals surface area contributed by atoms with Gasteiger partial charge in [0.05, 0.1) is 6.61 Å².